The first-order valence-electron chi connectivity index (χ1n) is 4.09. The lowest BCUT2D eigenvalue weighted by Crippen LogP contribution is -2.44. The zero-order valence-corrected chi connectivity index (χ0v) is 8.17. The predicted octanol–water partition coefficient (Wildman–Crippen LogP) is 3.84. The predicted molar refractivity (Wildman–Crippen MR) is 37.1 cm³/mol. The number of hydrogen-bond donors (Lipinski definition) is 0. The minimum atomic E-state index is -5.85. The summed E-state index contributed by atoms with van der Waals surface area (Å²) in [5.74, 6) is -4.98. The molecule has 2 atom stereocenters. The molecule has 0 amide bonds. The van der Waals surface area contributed by atoms with E-state index >= 15 is 0 Å². The minimum Gasteiger partial charge on any atom is -0.289 e. The zero-order valence-electron chi connectivity index (χ0n) is 8.17. The lowest BCUT2D eigenvalue weighted by atomic mass is 10.1. The summed E-state index contributed by atoms with van der Waals surface area (Å²) in [4.78, 5) is 0. The molecule has 0 saturated carbocycles. The number of alkyl halides is 9. The van der Waals surface area contributed by atoms with Crippen LogP contribution in [-0.4, -0.2) is 30.7 Å². The molecule has 2 unspecified atom stereocenters. The highest BCUT2D eigenvalue weighted by atomic mass is 19.4. The van der Waals surface area contributed by atoms with Gasteiger partial charge in [0, 0.05) is 6.42 Å². The zero-order chi connectivity index (χ0) is 14.1. The van der Waals surface area contributed by atoms with Crippen LogP contribution in [0.15, 0.2) is 0 Å². The van der Waals surface area contributed by atoms with Crippen LogP contribution >= 0.6 is 0 Å². The average Bonchev–Trinajstić information content (AvgIpc) is 1.95. The Hall–Kier alpha value is -0.670. The molecule has 0 N–H and O–H groups in total. The van der Waals surface area contributed by atoms with Crippen LogP contribution in [0.25, 0.3) is 0 Å². The van der Waals surface area contributed by atoms with E-state index in [4.69, 9.17) is 0 Å². The largest absolute Gasteiger partial charge is 0.522 e. The Morgan fingerprint density at radius 1 is 0.941 bits per heavy atom. The Kier molecular flexibility index (Phi) is 4.71. The van der Waals surface area contributed by atoms with Crippen molar-refractivity contribution in [1.29, 1.82) is 0 Å². The van der Waals surface area contributed by atoms with Crippen molar-refractivity contribution in [2.45, 2.75) is 44.1 Å². The van der Waals surface area contributed by atoms with Crippen molar-refractivity contribution >= 4 is 0 Å². The van der Waals surface area contributed by atoms with E-state index < -0.39 is 37.2 Å². The molecule has 0 heterocycles. The Labute approximate surface area is 89.5 Å². The van der Waals surface area contributed by atoms with Gasteiger partial charge in [-0.25, -0.2) is 13.2 Å². The quantitative estimate of drug-likeness (QED) is 0.710. The van der Waals surface area contributed by atoms with Gasteiger partial charge in [0.1, 0.15) is 0 Å². The fraction of sp³-hybridized carbons (Fsp3) is 1.00. The van der Waals surface area contributed by atoms with Crippen molar-refractivity contribution in [3.8, 4) is 0 Å². The minimum absolute atomic E-state index is 0.463. The fourth-order valence-corrected chi connectivity index (χ4v) is 0.996. The molecule has 0 rings (SSSR count). The topological polar surface area (TPSA) is 9.23 Å². The first-order chi connectivity index (χ1) is 7.26. The summed E-state index contributed by atoms with van der Waals surface area (Å²) in [5.41, 5.74) is 0. The molecule has 0 aromatic heterocycles. The third kappa shape index (κ3) is 5.99. The second-order valence-corrected chi connectivity index (χ2v) is 3.24. The molecule has 0 aromatic rings. The van der Waals surface area contributed by atoms with Crippen molar-refractivity contribution in [2.75, 3.05) is 0 Å². The van der Waals surface area contributed by atoms with E-state index in [9.17, 15) is 39.5 Å². The number of rotatable bonds is 4. The van der Waals surface area contributed by atoms with E-state index in [1.807, 2.05) is 0 Å². The van der Waals surface area contributed by atoms with Crippen molar-refractivity contribution in [3.05, 3.63) is 0 Å². The van der Waals surface area contributed by atoms with Gasteiger partial charge in [-0.15, -0.1) is 13.2 Å². The molecule has 10 heteroatoms. The van der Waals surface area contributed by atoms with E-state index in [1.165, 1.54) is 0 Å². The van der Waals surface area contributed by atoms with Crippen molar-refractivity contribution in [1.82, 2.24) is 0 Å². The fourth-order valence-electron chi connectivity index (χ4n) is 0.996. The molecular weight excluding hydrogens is 271 g/mol. The van der Waals surface area contributed by atoms with Crippen LogP contribution in [0, 0.1) is 0 Å². The van der Waals surface area contributed by atoms with Crippen LogP contribution in [0.2, 0.25) is 0 Å². The molecule has 0 radical (unpaired) electrons. The third-order valence-corrected chi connectivity index (χ3v) is 1.55. The van der Waals surface area contributed by atoms with E-state index in [2.05, 4.69) is 4.74 Å². The van der Waals surface area contributed by atoms with Gasteiger partial charge in [0.2, 0.25) is 0 Å². The van der Waals surface area contributed by atoms with Crippen molar-refractivity contribution < 1.29 is 44.3 Å². The van der Waals surface area contributed by atoms with Gasteiger partial charge in [0.25, 0.3) is 12.1 Å². The summed E-state index contributed by atoms with van der Waals surface area (Å²) in [6.07, 6.45) is -20.0. The summed E-state index contributed by atoms with van der Waals surface area (Å²) in [6.45, 7) is 0.463. The van der Waals surface area contributed by atoms with E-state index in [0.29, 0.717) is 6.92 Å². The molecule has 0 aromatic carbocycles. The number of hydrogen-bond acceptors (Lipinski definition) is 1. The van der Waals surface area contributed by atoms with Gasteiger partial charge in [-0.05, 0) is 6.92 Å². The van der Waals surface area contributed by atoms with Gasteiger partial charge in [-0.2, -0.15) is 13.2 Å². The summed E-state index contributed by atoms with van der Waals surface area (Å²) >= 11 is 0. The Balaban J connectivity index is 4.55. The molecule has 0 aliphatic carbocycles. The van der Waals surface area contributed by atoms with Crippen LogP contribution in [0.3, 0.4) is 0 Å². The van der Waals surface area contributed by atoms with Gasteiger partial charge in [-0.1, -0.05) is 0 Å². The van der Waals surface area contributed by atoms with Crippen molar-refractivity contribution in [3.63, 3.8) is 0 Å². The molecule has 104 valence electrons. The molecule has 17 heavy (non-hydrogen) atoms. The summed E-state index contributed by atoms with van der Waals surface area (Å²) in [7, 11) is 0. The summed E-state index contributed by atoms with van der Waals surface area (Å²) < 4.78 is 110. The van der Waals surface area contributed by atoms with E-state index in [1.54, 1.807) is 0 Å². The molecule has 0 saturated heterocycles. The lowest BCUT2D eigenvalue weighted by molar-refractivity contribution is -0.347. The highest BCUT2D eigenvalue weighted by molar-refractivity contribution is 4.84. The average molecular weight is 278 g/mol. The van der Waals surface area contributed by atoms with E-state index in [-0.39, 0.29) is 0 Å². The van der Waals surface area contributed by atoms with Crippen LogP contribution in [-0.2, 0) is 4.74 Å². The van der Waals surface area contributed by atoms with Gasteiger partial charge in [0.15, 0.2) is 0 Å². The van der Waals surface area contributed by atoms with Crippen LogP contribution in [0.5, 0.6) is 0 Å². The molecule has 0 aliphatic rings. The monoisotopic (exact) mass is 278 g/mol. The smallest absolute Gasteiger partial charge is 0.289 e. The highest BCUT2D eigenvalue weighted by Crippen LogP contribution is 2.38. The Morgan fingerprint density at radius 3 is 1.65 bits per heavy atom. The lowest BCUT2D eigenvalue weighted by Gasteiger charge is -2.25. The molecule has 1 nitrogen and oxygen atoms in total. The van der Waals surface area contributed by atoms with Gasteiger partial charge in [0.05, 0.1) is 6.10 Å². The number of ether oxygens (including phenoxy) is 1. The summed E-state index contributed by atoms with van der Waals surface area (Å²) in [6, 6.07) is 0. The molecule has 0 fully saturated rings. The van der Waals surface area contributed by atoms with Crippen LogP contribution in [0.4, 0.5) is 39.5 Å². The maximum Gasteiger partial charge on any atom is 0.522 e. The summed E-state index contributed by atoms with van der Waals surface area (Å²) in [5, 5.41) is 0. The second kappa shape index (κ2) is 4.91. The van der Waals surface area contributed by atoms with Gasteiger partial charge < -0.3 is 0 Å². The maximum atomic E-state index is 12.6. The first-order valence-corrected chi connectivity index (χ1v) is 4.09. The van der Waals surface area contributed by atoms with Gasteiger partial charge in [-0.3, -0.25) is 4.74 Å². The normalized spacial score (nSPS) is 18.0. The highest BCUT2D eigenvalue weighted by Gasteiger charge is 2.57. The SMILES string of the molecule is CC(CC(F)(F)C(F)C(F)(F)F)OC(F)(F)F. The Bertz CT molecular complexity index is 243. The first kappa shape index (κ1) is 16.3. The maximum absolute atomic E-state index is 12.6. The van der Waals surface area contributed by atoms with Gasteiger partial charge >= 0.3 is 12.5 Å². The molecular formula is C7H7F9O. The third-order valence-electron chi connectivity index (χ3n) is 1.55. The van der Waals surface area contributed by atoms with Crippen LogP contribution < -0.4 is 0 Å². The number of halogens is 9. The molecule has 0 aliphatic heterocycles. The Morgan fingerprint density at radius 2 is 1.35 bits per heavy atom. The van der Waals surface area contributed by atoms with Crippen molar-refractivity contribution in [2.24, 2.45) is 0 Å². The van der Waals surface area contributed by atoms with E-state index in [0.717, 1.165) is 0 Å². The standard InChI is InChI=1S/C7H7F9O/c1-3(17-7(14,15)16)2-5(9,10)4(8)6(11,12)13/h3-4H,2H2,1H3. The van der Waals surface area contributed by atoms with Crippen LogP contribution in [0.1, 0.15) is 13.3 Å². The second-order valence-electron chi connectivity index (χ2n) is 3.24. The molecule has 0 spiro atoms. The molecule has 0 bridgehead atoms.